The highest BCUT2D eigenvalue weighted by molar-refractivity contribution is 6.09. The molecule has 3 aromatic rings. The van der Waals surface area contributed by atoms with Gasteiger partial charge < -0.3 is 15.5 Å². The van der Waals surface area contributed by atoms with Gasteiger partial charge in [0.1, 0.15) is 0 Å². The second-order valence-electron chi connectivity index (χ2n) is 7.12. The lowest BCUT2D eigenvalue weighted by Gasteiger charge is -2.09. The molecule has 0 saturated heterocycles. The Morgan fingerprint density at radius 3 is 2.59 bits per heavy atom. The van der Waals surface area contributed by atoms with Crippen LogP contribution in [0.4, 0.5) is 5.69 Å². The largest absolute Gasteiger partial charge is 0.349 e. The van der Waals surface area contributed by atoms with Crippen molar-refractivity contribution < 1.29 is 9.59 Å². The molecule has 2 amide bonds. The van der Waals surface area contributed by atoms with Gasteiger partial charge in [-0.25, -0.2) is 4.98 Å². The number of pyridine rings is 1. The quantitative estimate of drug-likeness (QED) is 0.577. The minimum atomic E-state index is -0.332. The first-order valence-electron chi connectivity index (χ1n) is 9.80. The third kappa shape index (κ3) is 4.81. The van der Waals surface area contributed by atoms with Crippen LogP contribution in [0.25, 0.3) is 5.52 Å². The fourth-order valence-corrected chi connectivity index (χ4v) is 3.17. The number of fused-ring (bicyclic) bond motifs is 1. The van der Waals surface area contributed by atoms with Crippen molar-refractivity contribution in [2.75, 3.05) is 32.5 Å². The van der Waals surface area contributed by atoms with Crippen molar-refractivity contribution in [3.63, 3.8) is 0 Å². The molecule has 0 unspecified atom stereocenters. The predicted octanol–water partition coefficient (Wildman–Crippen LogP) is 2.83. The molecule has 152 valence electrons. The Kier molecular flexibility index (Phi) is 6.61. The van der Waals surface area contributed by atoms with E-state index >= 15 is 0 Å². The summed E-state index contributed by atoms with van der Waals surface area (Å²) in [5, 5.41) is 5.82. The first-order chi connectivity index (χ1) is 14.0. The standard InChI is InChI=1S/C22H27N5O2/c1-4-16-10-5-6-11-17(16)24-21(28)19-18-12-7-8-15-27(18)20(25-19)22(29)23-13-9-14-26(2)3/h5-8,10-12,15H,4,9,13-14H2,1-3H3,(H,23,29)(H,24,28). The molecule has 0 bridgehead atoms. The number of nitrogens with one attached hydrogen (secondary N) is 2. The molecule has 2 heterocycles. The minimum absolute atomic E-state index is 0.208. The van der Waals surface area contributed by atoms with E-state index in [0.717, 1.165) is 30.6 Å². The second kappa shape index (κ2) is 9.34. The normalized spacial score (nSPS) is 11.0. The highest BCUT2D eigenvalue weighted by atomic mass is 16.2. The van der Waals surface area contributed by atoms with Gasteiger partial charge in [-0.2, -0.15) is 0 Å². The maximum absolute atomic E-state index is 12.9. The third-order valence-electron chi connectivity index (χ3n) is 4.68. The molecule has 0 aliphatic heterocycles. The maximum Gasteiger partial charge on any atom is 0.287 e. The SMILES string of the molecule is CCc1ccccc1NC(=O)c1nc(C(=O)NCCCN(C)C)n2ccccc12. The van der Waals surface area contributed by atoms with E-state index in [1.807, 2.05) is 57.4 Å². The zero-order valence-corrected chi connectivity index (χ0v) is 17.1. The summed E-state index contributed by atoms with van der Waals surface area (Å²) in [5.74, 6) is -0.418. The number of carbonyl (C=O) groups is 2. The van der Waals surface area contributed by atoms with Gasteiger partial charge in [-0.3, -0.25) is 14.0 Å². The van der Waals surface area contributed by atoms with E-state index in [4.69, 9.17) is 0 Å². The number of hydrogen-bond donors (Lipinski definition) is 2. The van der Waals surface area contributed by atoms with Crippen LogP contribution in [0.2, 0.25) is 0 Å². The smallest absolute Gasteiger partial charge is 0.287 e. The Morgan fingerprint density at radius 1 is 1.07 bits per heavy atom. The van der Waals surface area contributed by atoms with E-state index in [2.05, 4.69) is 20.5 Å². The number of aromatic nitrogens is 2. The van der Waals surface area contributed by atoms with Crippen molar-refractivity contribution in [3.05, 3.63) is 65.7 Å². The van der Waals surface area contributed by atoms with Crippen LogP contribution in [-0.4, -0.2) is 53.3 Å². The monoisotopic (exact) mass is 393 g/mol. The number of aryl methyl sites for hydroxylation is 1. The molecule has 7 heteroatoms. The highest BCUT2D eigenvalue weighted by Gasteiger charge is 2.21. The van der Waals surface area contributed by atoms with Gasteiger partial charge in [0.25, 0.3) is 11.8 Å². The summed E-state index contributed by atoms with van der Waals surface area (Å²) in [6, 6.07) is 13.1. The number of para-hydroxylation sites is 1. The first kappa shape index (κ1) is 20.5. The predicted molar refractivity (Wildman–Crippen MR) is 114 cm³/mol. The molecule has 0 saturated carbocycles. The molecule has 0 spiro atoms. The molecular weight excluding hydrogens is 366 g/mol. The molecule has 2 N–H and O–H groups in total. The maximum atomic E-state index is 12.9. The van der Waals surface area contributed by atoms with Gasteiger partial charge in [0.15, 0.2) is 5.69 Å². The lowest BCUT2D eigenvalue weighted by molar-refractivity contribution is 0.0941. The molecular formula is C22H27N5O2. The van der Waals surface area contributed by atoms with Gasteiger partial charge >= 0.3 is 0 Å². The summed E-state index contributed by atoms with van der Waals surface area (Å²) in [6.45, 7) is 3.47. The number of imidazole rings is 1. The molecule has 0 atom stereocenters. The number of amides is 2. The number of carbonyl (C=O) groups excluding carboxylic acids is 2. The van der Waals surface area contributed by atoms with Gasteiger partial charge in [0, 0.05) is 18.4 Å². The molecule has 1 aromatic carbocycles. The van der Waals surface area contributed by atoms with E-state index in [1.54, 1.807) is 16.7 Å². The van der Waals surface area contributed by atoms with E-state index in [0.29, 0.717) is 12.1 Å². The van der Waals surface area contributed by atoms with E-state index < -0.39 is 0 Å². The Balaban J connectivity index is 1.84. The van der Waals surface area contributed by atoms with Crippen molar-refractivity contribution in [2.24, 2.45) is 0 Å². The van der Waals surface area contributed by atoms with Gasteiger partial charge in [0.2, 0.25) is 5.82 Å². The van der Waals surface area contributed by atoms with E-state index in [-0.39, 0.29) is 23.3 Å². The lowest BCUT2D eigenvalue weighted by Crippen LogP contribution is -2.28. The zero-order chi connectivity index (χ0) is 20.8. The van der Waals surface area contributed by atoms with Crippen LogP contribution in [0.15, 0.2) is 48.7 Å². The number of benzene rings is 1. The molecule has 2 aromatic heterocycles. The lowest BCUT2D eigenvalue weighted by atomic mass is 10.1. The molecule has 0 radical (unpaired) electrons. The average Bonchev–Trinajstić information content (AvgIpc) is 3.11. The van der Waals surface area contributed by atoms with Crippen LogP contribution in [-0.2, 0) is 6.42 Å². The average molecular weight is 393 g/mol. The fraction of sp³-hybridized carbons (Fsp3) is 0.318. The number of anilines is 1. The summed E-state index contributed by atoms with van der Waals surface area (Å²) in [7, 11) is 3.98. The summed E-state index contributed by atoms with van der Waals surface area (Å²) < 4.78 is 1.65. The molecule has 0 fully saturated rings. The van der Waals surface area contributed by atoms with Gasteiger partial charge in [-0.15, -0.1) is 0 Å². The number of nitrogens with zero attached hydrogens (tertiary/aromatic N) is 3. The van der Waals surface area contributed by atoms with Crippen LogP contribution in [0.5, 0.6) is 0 Å². The van der Waals surface area contributed by atoms with Gasteiger partial charge in [-0.05, 0) is 57.2 Å². The summed E-state index contributed by atoms with van der Waals surface area (Å²) in [5.41, 5.74) is 2.63. The van der Waals surface area contributed by atoms with Crippen LogP contribution < -0.4 is 10.6 Å². The van der Waals surface area contributed by atoms with Crippen molar-refractivity contribution in [1.29, 1.82) is 0 Å². The van der Waals surface area contributed by atoms with Crippen molar-refractivity contribution in [1.82, 2.24) is 19.6 Å². The van der Waals surface area contributed by atoms with Crippen LogP contribution in [0, 0.1) is 0 Å². The zero-order valence-electron chi connectivity index (χ0n) is 17.1. The second-order valence-corrected chi connectivity index (χ2v) is 7.12. The van der Waals surface area contributed by atoms with Crippen molar-refractivity contribution in [2.45, 2.75) is 19.8 Å². The number of hydrogen-bond acceptors (Lipinski definition) is 4. The summed E-state index contributed by atoms with van der Waals surface area (Å²) >= 11 is 0. The highest BCUT2D eigenvalue weighted by Crippen LogP contribution is 2.19. The summed E-state index contributed by atoms with van der Waals surface area (Å²) in [6.07, 6.45) is 3.39. The minimum Gasteiger partial charge on any atom is -0.349 e. The molecule has 7 nitrogen and oxygen atoms in total. The number of rotatable bonds is 8. The fourth-order valence-electron chi connectivity index (χ4n) is 3.17. The topological polar surface area (TPSA) is 78.7 Å². The molecule has 0 aliphatic rings. The Labute approximate surface area is 170 Å². The van der Waals surface area contributed by atoms with Crippen molar-refractivity contribution >= 4 is 23.0 Å². The third-order valence-corrected chi connectivity index (χ3v) is 4.68. The Bertz CT molecular complexity index is 1010. The van der Waals surface area contributed by atoms with Crippen LogP contribution >= 0.6 is 0 Å². The van der Waals surface area contributed by atoms with Gasteiger partial charge in [-0.1, -0.05) is 31.2 Å². The molecule has 29 heavy (non-hydrogen) atoms. The molecule has 0 aliphatic carbocycles. The molecule has 3 rings (SSSR count). The van der Waals surface area contributed by atoms with Gasteiger partial charge in [0.05, 0.1) is 5.52 Å². The van der Waals surface area contributed by atoms with E-state index in [9.17, 15) is 9.59 Å². The Morgan fingerprint density at radius 2 is 1.83 bits per heavy atom. The Hall–Kier alpha value is -3.19. The first-order valence-corrected chi connectivity index (χ1v) is 9.80. The summed E-state index contributed by atoms with van der Waals surface area (Å²) in [4.78, 5) is 32.0. The van der Waals surface area contributed by atoms with E-state index in [1.165, 1.54) is 0 Å². The van der Waals surface area contributed by atoms with Crippen LogP contribution in [0.1, 0.15) is 40.0 Å². The van der Waals surface area contributed by atoms with Crippen LogP contribution in [0.3, 0.4) is 0 Å². The van der Waals surface area contributed by atoms with Crippen molar-refractivity contribution in [3.8, 4) is 0 Å².